The largest absolute Gasteiger partial charge is 0.0616 e. The molecule has 78 valence electrons. The van der Waals surface area contributed by atoms with Crippen molar-refractivity contribution in [3.8, 4) is 0 Å². The lowest BCUT2D eigenvalue weighted by Gasteiger charge is -2.08. The molecule has 3 rings (SSSR count). The molecule has 0 fully saturated rings. The number of hydrogen-bond donors (Lipinski definition) is 0. The molecule has 0 atom stereocenters. The van der Waals surface area contributed by atoms with Gasteiger partial charge in [0.05, 0.1) is 0 Å². The Morgan fingerprint density at radius 1 is 0.938 bits per heavy atom. The second kappa shape index (κ2) is 3.64. The van der Waals surface area contributed by atoms with Crippen molar-refractivity contribution in [1.82, 2.24) is 0 Å². The van der Waals surface area contributed by atoms with E-state index >= 15 is 0 Å². The third-order valence-corrected chi connectivity index (χ3v) is 2.90. The molecule has 0 saturated carbocycles. The first kappa shape index (κ1) is 5.49. The van der Waals surface area contributed by atoms with Crippen LogP contribution in [0.5, 0.6) is 0 Å². The Morgan fingerprint density at radius 2 is 1.62 bits per heavy atom. The molecule has 0 aliphatic rings. The summed E-state index contributed by atoms with van der Waals surface area (Å²) in [4.78, 5) is 0. The van der Waals surface area contributed by atoms with Gasteiger partial charge in [-0.05, 0) is 33.5 Å². The molecule has 3 aromatic rings. The van der Waals surface area contributed by atoms with Crippen LogP contribution >= 0.6 is 0 Å². The van der Waals surface area contributed by atoms with Gasteiger partial charge in [-0.1, -0.05) is 61.4 Å². The van der Waals surface area contributed by atoms with E-state index in [0.717, 1.165) is 16.2 Å². The zero-order chi connectivity index (χ0) is 15.3. The fourth-order valence-corrected chi connectivity index (χ4v) is 2.16. The van der Waals surface area contributed by atoms with Crippen molar-refractivity contribution in [2.75, 3.05) is 0 Å². The van der Waals surface area contributed by atoms with Crippen molar-refractivity contribution < 1.29 is 6.85 Å². The van der Waals surface area contributed by atoms with E-state index in [4.69, 9.17) is 6.85 Å². The Kier molecular flexibility index (Phi) is 1.25. The van der Waals surface area contributed by atoms with E-state index in [0.29, 0.717) is 5.39 Å². The van der Waals surface area contributed by atoms with Crippen molar-refractivity contribution in [1.29, 1.82) is 0 Å². The van der Waals surface area contributed by atoms with E-state index in [-0.39, 0.29) is 5.56 Å². The molecule has 0 saturated heterocycles. The van der Waals surface area contributed by atoms with Crippen LogP contribution in [0.2, 0.25) is 0 Å². The first-order valence-electron chi connectivity index (χ1n) is 7.73. The zero-order valence-electron chi connectivity index (χ0n) is 13.7. The molecule has 0 N–H and O–H groups in total. The van der Waals surface area contributed by atoms with Gasteiger partial charge in [-0.25, -0.2) is 0 Å². The minimum Gasteiger partial charge on any atom is -0.0616 e. The summed E-state index contributed by atoms with van der Waals surface area (Å²) in [5.41, 5.74) is 0.219. The highest BCUT2D eigenvalue weighted by Gasteiger charge is 2.03. The van der Waals surface area contributed by atoms with Gasteiger partial charge in [0.25, 0.3) is 0 Å². The van der Waals surface area contributed by atoms with Crippen LogP contribution in [0.25, 0.3) is 21.5 Å². The molecule has 0 aliphatic heterocycles. The van der Waals surface area contributed by atoms with E-state index in [1.165, 1.54) is 0 Å². The van der Waals surface area contributed by atoms with E-state index < -0.39 is 13.2 Å². The molecule has 0 radical (unpaired) electrons. The van der Waals surface area contributed by atoms with Crippen LogP contribution in [-0.4, -0.2) is 0 Å². The highest BCUT2D eigenvalue weighted by Crippen LogP contribution is 2.28. The minimum atomic E-state index is -2.71. The average molecular weight is 211 g/mol. The van der Waals surface area contributed by atoms with E-state index in [9.17, 15) is 0 Å². The third-order valence-electron chi connectivity index (χ3n) is 2.90. The second-order valence-electron chi connectivity index (χ2n) is 3.82. The van der Waals surface area contributed by atoms with Crippen LogP contribution in [-0.2, 0) is 6.37 Å². The molecule has 16 heavy (non-hydrogen) atoms. The van der Waals surface area contributed by atoms with Crippen molar-refractivity contribution in [2.24, 2.45) is 0 Å². The summed E-state index contributed by atoms with van der Waals surface area (Å²) < 4.78 is 38.7. The Bertz CT molecular complexity index is 818. The van der Waals surface area contributed by atoms with Gasteiger partial charge in [0.2, 0.25) is 0 Å². The Labute approximate surface area is 103 Å². The van der Waals surface area contributed by atoms with Gasteiger partial charge in [-0.2, -0.15) is 0 Å². The molecule has 0 spiro atoms. The number of rotatable bonds is 1. The zero-order valence-corrected chi connectivity index (χ0v) is 8.70. The lowest BCUT2D eigenvalue weighted by atomic mass is 9.96. The molecule has 0 aliphatic carbocycles. The van der Waals surface area contributed by atoms with Crippen LogP contribution in [0, 0.1) is 0 Å². The molecular formula is C16H14. The van der Waals surface area contributed by atoms with Gasteiger partial charge < -0.3 is 0 Å². The summed E-state index contributed by atoms with van der Waals surface area (Å²) in [6.45, 7) is -2.71. The Morgan fingerprint density at radius 3 is 2.44 bits per heavy atom. The lowest BCUT2D eigenvalue weighted by Crippen LogP contribution is -1.85. The normalized spacial score (nSPS) is 17.4. The van der Waals surface area contributed by atoms with E-state index in [2.05, 4.69) is 0 Å². The predicted octanol–water partition coefficient (Wildman–Crippen LogP) is 4.56. The molecule has 0 unspecified atom stereocenters. The highest BCUT2D eigenvalue weighted by molar-refractivity contribution is 6.08. The fraction of sp³-hybridized carbons (Fsp3) is 0.125. The van der Waals surface area contributed by atoms with Gasteiger partial charge in [0, 0.05) is 6.85 Å². The molecular weight excluding hydrogens is 192 g/mol. The molecule has 0 amide bonds. The average Bonchev–Trinajstić information content (AvgIpc) is 2.45. The second-order valence-corrected chi connectivity index (χ2v) is 3.82. The van der Waals surface area contributed by atoms with Gasteiger partial charge in [0.15, 0.2) is 0 Å². The fourth-order valence-electron chi connectivity index (χ4n) is 2.16. The number of hydrogen-bond acceptors (Lipinski definition) is 0. The molecule has 0 nitrogen and oxygen atoms in total. The predicted molar refractivity (Wildman–Crippen MR) is 70.8 cm³/mol. The summed E-state index contributed by atoms with van der Waals surface area (Å²) in [7, 11) is 0. The van der Waals surface area contributed by atoms with Gasteiger partial charge in [0.1, 0.15) is 0 Å². The van der Waals surface area contributed by atoms with Crippen molar-refractivity contribution in [2.45, 2.75) is 13.2 Å². The minimum absolute atomic E-state index is 0.219. The summed E-state index contributed by atoms with van der Waals surface area (Å²) in [5, 5.41) is 3.37. The quantitative estimate of drug-likeness (QED) is 0.518. The number of aryl methyl sites for hydroxylation is 1. The highest BCUT2D eigenvalue weighted by atomic mass is 14.1. The molecule has 0 heterocycles. The monoisotopic (exact) mass is 211 g/mol. The molecule has 0 bridgehead atoms. The van der Waals surface area contributed by atoms with Gasteiger partial charge >= 0.3 is 0 Å². The standard InChI is InChI=1S/C16H14/c1-2-12-11-13-7-3-4-9-15(13)16-10-6-5-8-14(12)16/h3-11H,2H2,1H3/i1D3,2D2. The van der Waals surface area contributed by atoms with Gasteiger partial charge in [-0.15, -0.1) is 0 Å². The summed E-state index contributed by atoms with van der Waals surface area (Å²) in [6, 6.07) is 16.6. The van der Waals surface area contributed by atoms with Crippen LogP contribution in [0.1, 0.15) is 19.3 Å². The van der Waals surface area contributed by atoms with Crippen molar-refractivity contribution >= 4 is 21.5 Å². The van der Waals surface area contributed by atoms with E-state index in [1.807, 2.05) is 36.4 Å². The Hall–Kier alpha value is -1.82. The van der Waals surface area contributed by atoms with Crippen LogP contribution in [0.15, 0.2) is 54.6 Å². The topological polar surface area (TPSA) is 0 Å². The smallest absolute Gasteiger partial charge is 0.0313 e. The first-order valence-corrected chi connectivity index (χ1v) is 5.23. The number of fused-ring (bicyclic) bond motifs is 3. The van der Waals surface area contributed by atoms with Gasteiger partial charge in [-0.3, -0.25) is 0 Å². The SMILES string of the molecule is [2H]C([2H])([2H])C([2H])([2H])c1cc2ccccc2c2ccccc12. The maximum atomic E-state index is 8.08. The lowest BCUT2D eigenvalue weighted by molar-refractivity contribution is 1.16. The third kappa shape index (κ3) is 1.30. The van der Waals surface area contributed by atoms with Crippen LogP contribution in [0.3, 0.4) is 0 Å². The summed E-state index contributed by atoms with van der Waals surface area (Å²) in [5.74, 6) is 0. The summed E-state index contributed by atoms with van der Waals surface area (Å²) >= 11 is 0. The molecule has 0 heteroatoms. The van der Waals surface area contributed by atoms with E-state index in [1.54, 1.807) is 18.2 Å². The number of benzene rings is 3. The van der Waals surface area contributed by atoms with Crippen molar-refractivity contribution in [3.63, 3.8) is 0 Å². The van der Waals surface area contributed by atoms with Crippen molar-refractivity contribution in [3.05, 3.63) is 60.2 Å². The Balaban J connectivity index is 2.47. The molecule has 0 aromatic heterocycles. The maximum Gasteiger partial charge on any atom is 0.0313 e. The van der Waals surface area contributed by atoms with Crippen LogP contribution < -0.4 is 0 Å². The maximum absolute atomic E-state index is 8.08. The first-order chi connectivity index (χ1) is 9.82. The summed E-state index contributed by atoms with van der Waals surface area (Å²) in [6.07, 6.45) is -2.39. The van der Waals surface area contributed by atoms with Crippen LogP contribution in [0.4, 0.5) is 0 Å². The molecule has 3 aromatic carbocycles.